The Labute approximate surface area is 95.2 Å². The summed E-state index contributed by atoms with van der Waals surface area (Å²) in [5.41, 5.74) is 0.388. The number of rotatable bonds is 5. The second kappa shape index (κ2) is 6.46. The second-order valence-corrected chi connectivity index (χ2v) is 3.75. The monoisotopic (exact) mass is 226 g/mol. The lowest BCUT2D eigenvalue weighted by Crippen LogP contribution is -1.96. The van der Waals surface area contributed by atoms with Crippen molar-refractivity contribution in [2.75, 3.05) is 0 Å². The van der Waals surface area contributed by atoms with Gasteiger partial charge in [0.2, 0.25) is 0 Å². The van der Waals surface area contributed by atoms with Gasteiger partial charge in [0.1, 0.15) is 5.75 Å². The average Bonchev–Trinajstić information content (AvgIpc) is 2.18. The van der Waals surface area contributed by atoms with Crippen LogP contribution in [-0.4, -0.2) is 5.43 Å². The van der Waals surface area contributed by atoms with Crippen molar-refractivity contribution in [3.8, 4) is 5.75 Å². The van der Waals surface area contributed by atoms with Crippen LogP contribution in [0.25, 0.3) is 0 Å². The highest BCUT2D eigenvalue weighted by Gasteiger charge is 2.00. The van der Waals surface area contributed by atoms with E-state index >= 15 is 0 Å². The number of carbonyl (C=O) groups excluding carboxylic acids is 1. The van der Waals surface area contributed by atoms with Crippen LogP contribution < -0.4 is 4.74 Å². The molecule has 82 valence electrons. The molecular formula is C12H15ClO2. The minimum Gasteiger partial charge on any atom is -0.414 e. The van der Waals surface area contributed by atoms with Crippen LogP contribution in [0.2, 0.25) is 0 Å². The predicted octanol–water partition coefficient (Wildman–Crippen LogP) is 4.16. The second-order valence-electron chi connectivity index (χ2n) is 3.44. The first-order chi connectivity index (χ1) is 7.22. The van der Waals surface area contributed by atoms with Crippen LogP contribution in [-0.2, 0) is 6.42 Å². The summed E-state index contributed by atoms with van der Waals surface area (Å²) in [5.74, 6) is 0.518. The molecule has 0 spiro atoms. The fraction of sp³-hybridized carbons (Fsp3) is 0.417. The van der Waals surface area contributed by atoms with Gasteiger partial charge in [-0.05, 0) is 30.5 Å². The van der Waals surface area contributed by atoms with Crippen molar-refractivity contribution in [2.24, 2.45) is 0 Å². The van der Waals surface area contributed by atoms with Crippen LogP contribution >= 0.6 is 11.6 Å². The normalized spacial score (nSPS) is 10.0. The van der Waals surface area contributed by atoms with Crippen molar-refractivity contribution in [2.45, 2.75) is 32.6 Å². The summed E-state index contributed by atoms with van der Waals surface area (Å²) < 4.78 is 4.79. The Hall–Kier alpha value is -1.02. The SMILES string of the molecule is CCCCCc1cccc(OC(=O)Cl)c1. The van der Waals surface area contributed by atoms with Crippen molar-refractivity contribution < 1.29 is 9.53 Å². The molecule has 0 amide bonds. The van der Waals surface area contributed by atoms with Gasteiger partial charge in [0, 0.05) is 11.6 Å². The van der Waals surface area contributed by atoms with E-state index in [2.05, 4.69) is 6.92 Å². The molecule has 2 nitrogen and oxygen atoms in total. The number of hydrogen-bond acceptors (Lipinski definition) is 2. The van der Waals surface area contributed by atoms with Gasteiger partial charge in [-0.2, -0.15) is 0 Å². The standard InChI is InChI=1S/C12H15ClO2/c1-2-3-4-6-10-7-5-8-11(9-10)15-12(13)14/h5,7-9H,2-4,6H2,1H3. The Morgan fingerprint density at radius 1 is 1.40 bits per heavy atom. The molecule has 3 heteroatoms. The van der Waals surface area contributed by atoms with Crippen LogP contribution in [0, 0.1) is 0 Å². The lowest BCUT2D eigenvalue weighted by molar-refractivity contribution is 0.225. The molecule has 0 aliphatic rings. The molecule has 0 radical (unpaired) electrons. The van der Waals surface area contributed by atoms with Gasteiger partial charge < -0.3 is 4.74 Å². The van der Waals surface area contributed by atoms with E-state index in [0.717, 1.165) is 12.8 Å². The maximum Gasteiger partial charge on any atom is 0.409 e. The zero-order valence-electron chi connectivity index (χ0n) is 8.83. The maximum atomic E-state index is 10.5. The molecule has 1 rings (SSSR count). The van der Waals surface area contributed by atoms with Gasteiger partial charge in [-0.1, -0.05) is 31.9 Å². The predicted molar refractivity (Wildman–Crippen MR) is 61.5 cm³/mol. The number of hydrogen-bond donors (Lipinski definition) is 0. The Morgan fingerprint density at radius 2 is 2.20 bits per heavy atom. The molecule has 1 aromatic rings. The van der Waals surface area contributed by atoms with Gasteiger partial charge in [-0.15, -0.1) is 0 Å². The summed E-state index contributed by atoms with van der Waals surface area (Å²) in [7, 11) is 0. The molecule has 0 fully saturated rings. The van der Waals surface area contributed by atoms with Crippen LogP contribution in [0.1, 0.15) is 31.7 Å². The lowest BCUT2D eigenvalue weighted by atomic mass is 10.1. The molecule has 0 atom stereocenters. The molecule has 0 aliphatic heterocycles. The van der Waals surface area contributed by atoms with Gasteiger partial charge >= 0.3 is 5.43 Å². The van der Waals surface area contributed by atoms with Crippen molar-refractivity contribution in [3.05, 3.63) is 29.8 Å². The summed E-state index contributed by atoms with van der Waals surface area (Å²) >= 11 is 5.13. The van der Waals surface area contributed by atoms with Crippen LogP contribution in [0.15, 0.2) is 24.3 Å². The number of unbranched alkanes of at least 4 members (excludes halogenated alkanes) is 2. The Balaban J connectivity index is 2.53. The van der Waals surface area contributed by atoms with Gasteiger partial charge in [-0.25, -0.2) is 4.79 Å². The average molecular weight is 227 g/mol. The molecular weight excluding hydrogens is 212 g/mol. The van der Waals surface area contributed by atoms with E-state index in [1.165, 1.54) is 18.4 Å². The first kappa shape index (κ1) is 12.1. The largest absolute Gasteiger partial charge is 0.414 e. The molecule has 0 N–H and O–H groups in total. The fourth-order valence-corrected chi connectivity index (χ4v) is 1.53. The highest BCUT2D eigenvalue weighted by atomic mass is 35.5. The van der Waals surface area contributed by atoms with Crippen LogP contribution in [0.4, 0.5) is 4.79 Å². The number of carbonyl (C=O) groups is 1. The van der Waals surface area contributed by atoms with E-state index in [1.54, 1.807) is 6.07 Å². The first-order valence-corrected chi connectivity index (χ1v) is 5.56. The van der Waals surface area contributed by atoms with E-state index in [1.807, 2.05) is 18.2 Å². The summed E-state index contributed by atoms with van der Waals surface area (Å²) in [6.45, 7) is 2.17. The Kier molecular flexibility index (Phi) is 5.19. The van der Waals surface area contributed by atoms with Crippen molar-refractivity contribution in [1.29, 1.82) is 0 Å². The Bertz CT molecular complexity index is 323. The van der Waals surface area contributed by atoms with E-state index in [0.29, 0.717) is 5.75 Å². The van der Waals surface area contributed by atoms with Gasteiger partial charge in [0.25, 0.3) is 0 Å². The maximum absolute atomic E-state index is 10.5. The molecule has 0 aromatic heterocycles. The fourth-order valence-electron chi connectivity index (χ4n) is 1.44. The van der Waals surface area contributed by atoms with E-state index < -0.39 is 5.43 Å². The minimum atomic E-state index is -0.791. The highest BCUT2D eigenvalue weighted by molar-refractivity contribution is 6.61. The molecule has 15 heavy (non-hydrogen) atoms. The molecule has 0 heterocycles. The zero-order valence-corrected chi connectivity index (χ0v) is 9.59. The summed E-state index contributed by atoms with van der Waals surface area (Å²) in [6.07, 6.45) is 4.60. The van der Waals surface area contributed by atoms with Gasteiger partial charge in [0.15, 0.2) is 0 Å². The molecule has 0 saturated carbocycles. The number of ether oxygens (including phenoxy) is 1. The van der Waals surface area contributed by atoms with Crippen LogP contribution in [0.3, 0.4) is 0 Å². The molecule has 0 unspecified atom stereocenters. The van der Waals surface area contributed by atoms with Crippen molar-refractivity contribution in [1.82, 2.24) is 0 Å². The van der Waals surface area contributed by atoms with Gasteiger partial charge in [-0.3, -0.25) is 0 Å². The van der Waals surface area contributed by atoms with Crippen LogP contribution in [0.5, 0.6) is 5.75 Å². The molecule has 0 saturated heterocycles. The first-order valence-electron chi connectivity index (χ1n) is 5.18. The van der Waals surface area contributed by atoms with Crippen molar-refractivity contribution >= 4 is 17.0 Å². The number of halogens is 1. The molecule has 1 aromatic carbocycles. The third-order valence-electron chi connectivity index (χ3n) is 2.17. The van der Waals surface area contributed by atoms with E-state index in [4.69, 9.17) is 16.3 Å². The van der Waals surface area contributed by atoms with Crippen molar-refractivity contribution in [3.63, 3.8) is 0 Å². The number of benzene rings is 1. The zero-order chi connectivity index (χ0) is 11.1. The summed E-state index contributed by atoms with van der Waals surface area (Å²) in [6, 6.07) is 7.48. The van der Waals surface area contributed by atoms with Gasteiger partial charge in [0.05, 0.1) is 0 Å². The highest BCUT2D eigenvalue weighted by Crippen LogP contribution is 2.16. The van der Waals surface area contributed by atoms with E-state index in [9.17, 15) is 4.79 Å². The number of aryl methyl sites for hydroxylation is 1. The third-order valence-corrected chi connectivity index (χ3v) is 2.24. The summed E-state index contributed by atoms with van der Waals surface area (Å²) in [4.78, 5) is 10.5. The Morgan fingerprint density at radius 3 is 2.87 bits per heavy atom. The topological polar surface area (TPSA) is 26.3 Å². The summed E-state index contributed by atoms with van der Waals surface area (Å²) in [5, 5.41) is 0. The van der Waals surface area contributed by atoms with E-state index in [-0.39, 0.29) is 0 Å². The minimum absolute atomic E-state index is 0.518. The lowest BCUT2D eigenvalue weighted by Gasteiger charge is -2.03. The molecule has 0 bridgehead atoms. The molecule has 0 aliphatic carbocycles. The third kappa shape index (κ3) is 4.84. The smallest absolute Gasteiger partial charge is 0.409 e. The quantitative estimate of drug-likeness (QED) is 0.557.